The number of hydrogen-bond donors (Lipinski definition) is 2. The SMILES string of the molecule is CN(Cc1ccc(CN)cc1)C(=O)c1ccncc1O. The second-order valence-electron chi connectivity index (χ2n) is 4.57. The minimum atomic E-state index is -0.243. The maximum absolute atomic E-state index is 12.2. The van der Waals surface area contributed by atoms with Crippen LogP contribution in [0.2, 0.25) is 0 Å². The molecule has 0 unspecified atom stereocenters. The van der Waals surface area contributed by atoms with E-state index in [-0.39, 0.29) is 17.2 Å². The van der Waals surface area contributed by atoms with Gasteiger partial charge in [0.1, 0.15) is 5.75 Å². The highest BCUT2D eigenvalue weighted by atomic mass is 16.3. The van der Waals surface area contributed by atoms with Crippen LogP contribution < -0.4 is 5.73 Å². The smallest absolute Gasteiger partial charge is 0.257 e. The maximum atomic E-state index is 12.2. The number of aromatic hydroxyl groups is 1. The lowest BCUT2D eigenvalue weighted by Crippen LogP contribution is -2.26. The Morgan fingerprint density at radius 3 is 2.50 bits per heavy atom. The van der Waals surface area contributed by atoms with Gasteiger partial charge in [-0.25, -0.2) is 0 Å². The summed E-state index contributed by atoms with van der Waals surface area (Å²) in [5.41, 5.74) is 7.85. The predicted octanol–water partition coefficient (Wildman–Crippen LogP) is 1.52. The minimum Gasteiger partial charge on any atom is -0.505 e. The molecule has 0 aliphatic rings. The van der Waals surface area contributed by atoms with Crippen molar-refractivity contribution in [2.24, 2.45) is 5.73 Å². The molecule has 0 aliphatic carbocycles. The lowest BCUT2D eigenvalue weighted by Gasteiger charge is -2.18. The zero-order valence-corrected chi connectivity index (χ0v) is 11.3. The summed E-state index contributed by atoms with van der Waals surface area (Å²) >= 11 is 0. The number of carbonyl (C=O) groups is 1. The van der Waals surface area contributed by atoms with Gasteiger partial charge >= 0.3 is 0 Å². The van der Waals surface area contributed by atoms with Crippen molar-refractivity contribution in [3.8, 4) is 5.75 Å². The Hall–Kier alpha value is -2.40. The van der Waals surface area contributed by atoms with Gasteiger partial charge in [-0.2, -0.15) is 0 Å². The van der Waals surface area contributed by atoms with Crippen LogP contribution in [0.4, 0.5) is 0 Å². The summed E-state index contributed by atoms with van der Waals surface area (Å²) in [7, 11) is 1.69. The highest BCUT2D eigenvalue weighted by Gasteiger charge is 2.15. The summed E-state index contributed by atoms with van der Waals surface area (Å²) < 4.78 is 0. The van der Waals surface area contributed by atoms with Gasteiger partial charge in [-0.1, -0.05) is 24.3 Å². The number of rotatable bonds is 4. The normalized spacial score (nSPS) is 10.3. The third-order valence-corrected chi connectivity index (χ3v) is 3.06. The topological polar surface area (TPSA) is 79.5 Å². The third-order valence-electron chi connectivity index (χ3n) is 3.06. The van der Waals surface area contributed by atoms with Crippen molar-refractivity contribution in [1.29, 1.82) is 0 Å². The lowest BCUT2D eigenvalue weighted by molar-refractivity contribution is 0.0782. The predicted molar refractivity (Wildman–Crippen MR) is 76.0 cm³/mol. The molecule has 0 radical (unpaired) electrons. The van der Waals surface area contributed by atoms with E-state index in [2.05, 4.69) is 4.98 Å². The fourth-order valence-electron chi connectivity index (χ4n) is 1.90. The molecule has 0 saturated heterocycles. The Morgan fingerprint density at radius 1 is 1.25 bits per heavy atom. The summed E-state index contributed by atoms with van der Waals surface area (Å²) in [6, 6.07) is 9.28. The van der Waals surface area contributed by atoms with Crippen LogP contribution in [0.3, 0.4) is 0 Å². The molecule has 0 spiro atoms. The molecule has 0 bridgehead atoms. The second-order valence-corrected chi connectivity index (χ2v) is 4.57. The van der Waals surface area contributed by atoms with Crippen molar-refractivity contribution in [2.45, 2.75) is 13.1 Å². The van der Waals surface area contributed by atoms with Crippen molar-refractivity contribution in [1.82, 2.24) is 9.88 Å². The average Bonchev–Trinajstić information content (AvgIpc) is 2.48. The summed E-state index contributed by atoms with van der Waals surface area (Å²) in [5, 5.41) is 9.64. The van der Waals surface area contributed by atoms with Gasteiger partial charge in [-0.3, -0.25) is 9.78 Å². The van der Waals surface area contributed by atoms with Gasteiger partial charge in [0.15, 0.2) is 0 Å². The molecule has 5 nitrogen and oxygen atoms in total. The van der Waals surface area contributed by atoms with Gasteiger partial charge in [0.2, 0.25) is 0 Å². The molecule has 1 amide bonds. The van der Waals surface area contributed by atoms with Gasteiger partial charge in [-0.05, 0) is 17.2 Å². The first kappa shape index (κ1) is 14.0. The summed E-state index contributed by atoms with van der Waals surface area (Å²) in [6.45, 7) is 0.964. The summed E-state index contributed by atoms with van der Waals surface area (Å²) in [4.78, 5) is 17.5. The maximum Gasteiger partial charge on any atom is 0.257 e. The first-order valence-electron chi connectivity index (χ1n) is 6.28. The molecule has 0 atom stereocenters. The Balaban J connectivity index is 2.09. The Morgan fingerprint density at radius 2 is 1.90 bits per heavy atom. The standard InChI is InChI=1S/C15H17N3O2/c1-18(10-12-4-2-11(8-16)3-5-12)15(20)13-6-7-17-9-14(13)19/h2-7,9,19H,8,10,16H2,1H3. The molecule has 5 heteroatoms. The van der Waals surface area contributed by atoms with Gasteiger partial charge in [0.05, 0.1) is 11.8 Å². The van der Waals surface area contributed by atoms with Crippen LogP contribution in [0, 0.1) is 0 Å². The molecule has 20 heavy (non-hydrogen) atoms. The van der Waals surface area contributed by atoms with E-state index in [4.69, 9.17) is 5.73 Å². The zero-order chi connectivity index (χ0) is 14.5. The molecule has 0 aliphatic heterocycles. The Labute approximate surface area is 117 Å². The largest absolute Gasteiger partial charge is 0.505 e. The van der Waals surface area contributed by atoms with Crippen LogP contribution in [0.1, 0.15) is 21.5 Å². The molecule has 1 heterocycles. The van der Waals surface area contributed by atoms with E-state index in [1.807, 2.05) is 24.3 Å². The molecule has 0 fully saturated rings. The van der Waals surface area contributed by atoms with E-state index in [0.29, 0.717) is 13.1 Å². The molecular weight excluding hydrogens is 254 g/mol. The van der Waals surface area contributed by atoms with Crippen LogP contribution in [0.5, 0.6) is 5.75 Å². The fraction of sp³-hybridized carbons (Fsp3) is 0.200. The fourth-order valence-corrected chi connectivity index (χ4v) is 1.90. The van der Waals surface area contributed by atoms with Crippen molar-refractivity contribution < 1.29 is 9.90 Å². The molecule has 0 saturated carbocycles. The van der Waals surface area contributed by atoms with Crippen molar-refractivity contribution >= 4 is 5.91 Å². The van der Waals surface area contributed by atoms with E-state index in [0.717, 1.165) is 11.1 Å². The van der Waals surface area contributed by atoms with E-state index in [9.17, 15) is 9.90 Å². The monoisotopic (exact) mass is 271 g/mol. The molecule has 1 aromatic heterocycles. The highest BCUT2D eigenvalue weighted by Crippen LogP contribution is 2.17. The van der Waals surface area contributed by atoms with E-state index in [1.165, 1.54) is 18.5 Å². The number of amides is 1. The zero-order valence-electron chi connectivity index (χ0n) is 11.3. The highest BCUT2D eigenvalue weighted by molar-refractivity contribution is 5.96. The first-order chi connectivity index (χ1) is 9.61. The van der Waals surface area contributed by atoms with Gasteiger partial charge in [-0.15, -0.1) is 0 Å². The second kappa shape index (κ2) is 6.16. The van der Waals surface area contributed by atoms with Gasteiger partial charge < -0.3 is 15.7 Å². The molecule has 2 aromatic rings. The van der Waals surface area contributed by atoms with E-state index < -0.39 is 0 Å². The number of nitrogens with zero attached hydrogens (tertiary/aromatic N) is 2. The molecule has 1 aromatic carbocycles. The molecule has 104 valence electrons. The minimum absolute atomic E-state index is 0.108. The van der Waals surface area contributed by atoms with E-state index in [1.54, 1.807) is 11.9 Å². The average molecular weight is 271 g/mol. The quantitative estimate of drug-likeness (QED) is 0.883. The number of hydrogen-bond acceptors (Lipinski definition) is 4. The molecule has 3 N–H and O–H groups in total. The van der Waals surface area contributed by atoms with Crippen molar-refractivity contribution in [3.05, 3.63) is 59.4 Å². The number of aromatic nitrogens is 1. The summed E-state index contributed by atoms with van der Waals surface area (Å²) in [6.07, 6.45) is 2.74. The van der Waals surface area contributed by atoms with Crippen LogP contribution in [0.25, 0.3) is 0 Å². The number of pyridine rings is 1. The molecule has 2 rings (SSSR count). The number of nitrogens with two attached hydrogens (primary N) is 1. The Kier molecular flexibility index (Phi) is 4.32. The van der Waals surface area contributed by atoms with Gasteiger partial charge in [0.25, 0.3) is 5.91 Å². The van der Waals surface area contributed by atoms with Crippen LogP contribution in [-0.2, 0) is 13.1 Å². The van der Waals surface area contributed by atoms with Crippen LogP contribution in [0.15, 0.2) is 42.7 Å². The van der Waals surface area contributed by atoms with Crippen molar-refractivity contribution in [2.75, 3.05) is 7.05 Å². The first-order valence-corrected chi connectivity index (χ1v) is 6.28. The lowest BCUT2D eigenvalue weighted by atomic mass is 10.1. The third kappa shape index (κ3) is 3.13. The van der Waals surface area contributed by atoms with Crippen LogP contribution in [-0.4, -0.2) is 27.9 Å². The van der Waals surface area contributed by atoms with Crippen molar-refractivity contribution in [3.63, 3.8) is 0 Å². The number of benzene rings is 1. The van der Waals surface area contributed by atoms with E-state index >= 15 is 0 Å². The van der Waals surface area contributed by atoms with Gasteiger partial charge in [0, 0.05) is 26.3 Å². The summed E-state index contributed by atoms with van der Waals surface area (Å²) in [5.74, 6) is -0.351. The Bertz CT molecular complexity index is 596. The number of carbonyl (C=O) groups excluding carboxylic acids is 1. The van der Waals surface area contributed by atoms with Crippen LogP contribution >= 0.6 is 0 Å². The molecular formula is C15H17N3O2.